The van der Waals surface area contributed by atoms with Crippen LogP contribution >= 0.6 is 12.4 Å². The van der Waals surface area contributed by atoms with E-state index in [4.69, 9.17) is 0 Å². The normalized spacial score (nSPS) is 9.00. The number of quaternary nitrogens is 1. The minimum Gasteiger partial charge on any atom is -0.344 e. The number of rotatable bonds is 1. The molecule has 3 heteroatoms. The smallest absolute Gasteiger partial charge is 0.0751 e. The van der Waals surface area contributed by atoms with Crippen molar-refractivity contribution in [3.63, 3.8) is 0 Å². The monoisotopic (exact) mass is 141 g/mol. The maximum absolute atomic E-state index is 2.18. The Morgan fingerprint density at radius 1 is 1.12 bits per heavy atom. The minimum absolute atomic E-state index is 0. The Balaban J connectivity index is -0.000000125. The van der Waals surface area contributed by atoms with E-state index >= 15 is 0 Å². The molecule has 0 aliphatic heterocycles. The van der Waals surface area contributed by atoms with Crippen LogP contribution in [-0.2, 0) is 0 Å². The quantitative estimate of drug-likeness (QED) is 0.549. The first kappa shape index (κ1) is 15.7. The molecular weight excluding hydrogens is 124 g/mol. The molecule has 0 saturated heterocycles. The van der Waals surface area contributed by atoms with E-state index in [1.54, 1.807) is 0 Å². The Bertz CT molecular complexity index is 40.2. The van der Waals surface area contributed by atoms with Crippen molar-refractivity contribution >= 4 is 12.4 Å². The van der Waals surface area contributed by atoms with Crippen molar-refractivity contribution in [1.82, 2.24) is 6.15 Å². The van der Waals surface area contributed by atoms with Gasteiger partial charge < -0.3 is 10.6 Å². The zero-order chi connectivity index (χ0) is 5.21. The van der Waals surface area contributed by atoms with Crippen molar-refractivity contribution in [1.29, 1.82) is 0 Å². The van der Waals surface area contributed by atoms with Gasteiger partial charge in [-0.3, -0.25) is 0 Å². The van der Waals surface area contributed by atoms with E-state index in [9.17, 15) is 0 Å². The van der Waals surface area contributed by atoms with Crippen molar-refractivity contribution < 1.29 is 4.48 Å². The third-order valence-electron chi connectivity index (χ3n) is 0.949. The second kappa shape index (κ2) is 5.35. The van der Waals surface area contributed by atoms with Crippen LogP contribution in [0.15, 0.2) is 0 Å². The molecule has 0 amide bonds. The van der Waals surface area contributed by atoms with Crippen LogP contribution in [0, 0.1) is 0 Å². The molecule has 0 atom stereocenters. The zero-order valence-corrected chi connectivity index (χ0v) is 7.09. The van der Waals surface area contributed by atoms with Gasteiger partial charge in [0.1, 0.15) is 0 Å². The van der Waals surface area contributed by atoms with Gasteiger partial charge in [0.25, 0.3) is 0 Å². The van der Waals surface area contributed by atoms with Crippen LogP contribution in [0.2, 0.25) is 0 Å². The standard InChI is InChI=1S/C5H14N.ClH.H3N/c1-5-6(2,3)4;;/h5H2,1-4H3;1H;1H3/q+1;;. The third-order valence-corrected chi connectivity index (χ3v) is 0.949. The molecule has 0 spiro atoms. The van der Waals surface area contributed by atoms with Crippen LogP contribution in [0.5, 0.6) is 0 Å². The molecule has 3 N–H and O–H groups in total. The fourth-order valence-electron chi connectivity index (χ4n) is 0. The minimum atomic E-state index is 0. The first-order chi connectivity index (χ1) is 2.56. The van der Waals surface area contributed by atoms with Crippen LogP contribution in [0.3, 0.4) is 0 Å². The number of nitrogens with zero attached hydrogens (tertiary/aromatic N) is 1. The van der Waals surface area contributed by atoms with Crippen LogP contribution in [0.1, 0.15) is 6.92 Å². The van der Waals surface area contributed by atoms with Gasteiger partial charge in [-0.2, -0.15) is 0 Å². The van der Waals surface area contributed by atoms with E-state index in [2.05, 4.69) is 28.1 Å². The highest BCUT2D eigenvalue weighted by Crippen LogP contribution is 1.83. The van der Waals surface area contributed by atoms with Crippen molar-refractivity contribution in [2.24, 2.45) is 0 Å². The molecule has 0 rings (SSSR count). The predicted molar refractivity (Wildman–Crippen MR) is 40.8 cm³/mol. The van der Waals surface area contributed by atoms with E-state index in [-0.39, 0.29) is 18.6 Å². The maximum Gasteiger partial charge on any atom is 0.0751 e. The zero-order valence-electron chi connectivity index (χ0n) is 6.27. The van der Waals surface area contributed by atoms with Gasteiger partial charge in [0.05, 0.1) is 27.7 Å². The second-order valence-electron chi connectivity index (χ2n) is 2.61. The lowest BCUT2D eigenvalue weighted by Crippen LogP contribution is -2.33. The highest BCUT2D eigenvalue weighted by atomic mass is 35.5. The summed E-state index contributed by atoms with van der Waals surface area (Å²) in [5.74, 6) is 0. The van der Waals surface area contributed by atoms with E-state index < -0.39 is 0 Å². The van der Waals surface area contributed by atoms with Crippen molar-refractivity contribution in [2.45, 2.75) is 6.92 Å². The van der Waals surface area contributed by atoms with Gasteiger partial charge in [0.2, 0.25) is 0 Å². The van der Waals surface area contributed by atoms with Gasteiger partial charge in [0, 0.05) is 0 Å². The molecule has 0 aromatic rings. The summed E-state index contributed by atoms with van der Waals surface area (Å²) in [6.07, 6.45) is 0. The number of halogens is 1. The molecule has 0 saturated carbocycles. The van der Waals surface area contributed by atoms with Crippen molar-refractivity contribution in [3.8, 4) is 0 Å². The number of hydrogen-bond donors (Lipinski definition) is 1. The summed E-state index contributed by atoms with van der Waals surface area (Å²) in [5.41, 5.74) is 0. The Kier molecular flexibility index (Phi) is 10.5. The lowest BCUT2D eigenvalue weighted by molar-refractivity contribution is -0.868. The molecule has 0 radical (unpaired) electrons. The molecule has 0 heterocycles. The van der Waals surface area contributed by atoms with E-state index in [1.165, 1.54) is 6.54 Å². The highest BCUT2D eigenvalue weighted by Gasteiger charge is 1.97. The van der Waals surface area contributed by atoms with E-state index in [0.29, 0.717) is 0 Å². The van der Waals surface area contributed by atoms with Gasteiger partial charge in [-0.05, 0) is 6.92 Å². The highest BCUT2D eigenvalue weighted by molar-refractivity contribution is 5.85. The van der Waals surface area contributed by atoms with Crippen molar-refractivity contribution in [3.05, 3.63) is 0 Å². The molecule has 0 aromatic heterocycles. The summed E-state index contributed by atoms with van der Waals surface area (Å²) in [4.78, 5) is 0. The summed E-state index contributed by atoms with van der Waals surface area (Å²) in [5, 5.41) is 0. The lowest BCUT2D eigenvalue weighted by Gasteiger charge is -2.20. The molecule has 8 heavy (non-hydrogen) atoms. The molecule has 0 aliphatic rings. The SMILES string of the molecule is CC[N+](C)(C)C.Cl.N. The molecule has 2 nitrogen and oxygen atoms in total. The lowest BCUT2D eigenvalue weighted by atomic mass is 10.6. The van der Waals surface area contributed by atoms with E-state index in [1.807, 2.05) is 0 Å². The van der Waals surface area contributed by atoms with Gasteiger partial charge >= 0.3 is 0 Å². The van der Waals surface area contributed by atoms with Gasteiger partial charge in [-0.1, -0.05) is 0 Å². The fraction of sp³-hybridized carbons (Fsp3) is 1.00. The number of hydrogen-bond acceptors (Lipinski definition) is 1. The van der Waals surface area contributed by atoms with Crippen LogP contribution < -0.4 is 6.15 Å². The van der Waals surface area contributed by atoms with Gasteiger partial charge in [-0.15, -0.1) is 12.4 Å². The van der Waals surface area contributed by atoms with Crippen LogP contribution in [-0.4, -0.2) is 32.2 Å². The molecule has 0 aromatic carbocycles. The maximum atomic E-state index is 2.18. The summed E-state index contributed by atoms with van der Waals surface area (Å²) in [7, 11) is 6.54. The van der Waals surface area contributed by atoms with Gasteiger partial charge in [0.15, 0.2) is 0 Å². The second-order valence-corrected chi connectivity index (χ2v) is 2.61. The Morgan fingerprint density at radius 3 is 1.25 bits per heavy atom. The molecule has 0 unspecified atom stereocenters. The summed E-state index contributed by atoms with van der Waals surface area (Å²) in [6, 6.07) is 0. The first-order valence-electron chi connectivity index (χ1n) is 2.36. The fourth-order valence-corrected chi connectivity index (χ4v) is 0. The average Bonchev–Trinajstić information content (AvgIpc) is 1.35. The Labute approximate surface area is 58.5 Å². The summed E-state index contributed by atoms with van der Waals surface area (Å²) in [6.45, 7) is 3.39. The molecule has 0 bridgehead atoms. The largest absolute Gasteiger partial charge is 0.344 e. The van der Waals surface area contributed by atoms with Crippen molar-refractivity contribution in [2.75, 3.05) is 27.7 Å². The summed E-state index contributed by atoms with van der Waals surface area (Å²) >= 11 is 0. The Morgan fingerprint density at radius 2 is 1.25 bits per heavy atom. The molecule has 54 valence electrons. The van der Waals surface area contributed by atoms with Gasteiger partial charge in [-0.25, -0.2) is 0 Å². The van der Waals surface area contributed by atoms with E-state index in [0.717, 1.165) is 4.48 Å². The van der Waals surface area contributed by atoms with Crippen LogP contribution in [0.25, 0.3) is 0 Å². The first-order valence-corrected chi connectivity index (χ1v) is 2.36. The average molecular weight is 142 g/mol. The summed E-state index contributed by atoms with van der Waals surface area (Å²) < 4.78 is 1.07. The molecule has 0 fully saturated rings. The topological polar surface area (TPSA) is 35.0 Å². The Hall–Kier alpha value is 0.210. The predicted octanol–water partition coefficient (Wildman–Crippen LogP) is 1.30. The van der Waals surface area contributed by atoms with Crippen LogP contribution in [0.4, 0.5) is 0 Å². The third kappa shape index (κ3) is 16.4. The molecular formula is C5H18ClN2+. The molecule has 0 aliphatic carbocycles.